The molecule has 0 radical (unpaired) electrons. The molecule has 2 heterocycles. The molecule has 1 aliphatic heterocycles. The van der Waals surface area contributed by atoms with Crippen molar-refractivity contribution in [2.24, 2.45) is 0 Å². The fraction of sp³-hybridized carbons (Fsp3) is 0.538. The van der Waals surface area contributed by atoms with Crippen molar-refractivity contribution in [3.63, 3.8) is 0 Å². The SMILES string of the molecule is CN1CCC(n2nnc3cc(C(F)(F)F)ccc32)CC1. The first-order chi connectivity index (χ1) is 9.45. The lowest BCUT2D eigenvalue weighted by molar-refractivity contribution is -0.137. The largest absolute Gasteiger partial charge is 0.416 e. The summed E-state index contributed by atoms with van der Waals surface area (Å²) in [6.07, 6.45) is -2.46. The van der Waals surface area contributed by atoms with Gasteiger partial charge in [0.1, 0.15) is 5.52 Å². The van der Waals surface area contributed by atoms with Crippen LogP contribution >= 0.6 is 0 Å². The Kier molecular flexibility index (Phi) is 3.16. The molecule has 0 bridgehead atoms. The van der Waals surface area contributed by atoms with Crippen molar-refractivity contribution < 1.29 is 13.2 Å². The standard InChI is InChI=1S/C13H15F3N4/c1-19-6-4-10(5-7-19)20-12-3-2-9(13(14,15)16)8-11(12)17-18-20/h2-3,8,10H,4-7H2,1H3. The van der Waals surface area contributed by atoms with E-state index in [1.807, 2.05) is 0 Å². The number of halogens is 3. The van der Waals surface area contributed by atoms with E-state index < -0.39 is 11.7 Å². The molecule has 4 nitrogen and oxygen atoms in total. The smallest absolute Gasteiger partial charge is 0.306 e. The highest BCUT2D eigenvalue weighted by molar-refractivity contribution is 5.75. The highest BCUT2D eigenvalue weighted by Crippen LogP contribution is 2.32. The molecule has 3 rings (SSSR count). The summed E-state index contributed by atoms with van der Waals surface area (Å²) in [4.78, 5) is 2.23. The zero-order chi connectivity index (χ0) is 14.3. The van der Waals surface area contributed by atoms with Gasteiger partial charge in [-0.3, -0.25) is 0 Å². The molecule has 108 valence electrons. The highest BCUT2D eigenvalue weighted by atomic mass is 19.4. The molecule has 0 amide bonds. The summed E-state index contributed by atoms with van der Waals surface area (Å²) >= 11 is 0. The summed E-state index contributed by atoms with van der Waals surface area (Å²) in [5.74, 6) is 0. The van der Waals surface area contributed by atoms with Crippen molar-refractivity contribution in [2.45, 2.75) is 25.1 Å². The van der Waals surface area contributed by atoms with Gasteiger partial charge >= 0.3 is 6.18 Å². The molecule has 0 N–H and O–H groups in total. The van der Waals surface area contributed by atoms with E-state index in [1.165, 1.54) is 6.07 Å². The third kappa shape index (κ3) is 2.37. The van der Waals surface area contributed by atoms with E-state index in [9.17, 15) is 13.2 Å². The Hall–Kier alpha value is -1.63. The fourth-order valence-electron chi connectivity index (χ4n) is 2.63. The molecule has 0 saturated carbocycles. The van der Waals surface area contributed by atoms with Gasteiger partial charge in [0.25, 0.3) is 0 Å². The minimum absolute atomic E-state index is 0.216. The number of fused-ring (bicyclic) bond motifs is 1. The van der Waals surface area contributed by atoms with Gasteiger partial charge in [0.05, 0.1) is 17.1 Å². The van der Waals surface area contributed by atoms with E-state index in [0.29, 0.717) is 11.0 Å². The minimum Gasteiger partial charge on any atom is -0.306 e. The lowest BCUT2D eigenvalue weighted by atomic mass is 10.1. The summed E-state index contributed by atoms with van der Waals surface area (Å²) in [6, 6.07) is 3.84. The average molecular weight is 284 g/mol. The summed E-state index contributed by atoms with van der Waals surface area (Å²) in [5, 5.41) is 7.93. The molecule has 0 spiro atoms. The van der Waals surface area contributed by atoms with Crippen LogP contribution in [0.3, 0.4) is 0 Å². The number of benzene rings is 1. The third-order valence-corrected chi connectivity index (χ3v) is 3.83. The Labute approximate surface area is 114 Å². The van der Waals surface area contributed by atoms with Crippen LogP contribution in [0.25, 0.3) is 11.0 Å². The van der Waals surface area contributed by atoms with E-state index in [-0.39, 0.29) is 6.04 Å². The lowest BCUT2D eigenvalue weighted by Crippen LogP contribution is -2.31. The molecule has 2 aromatic rings. The number of hydrogen-bond donors (Lipinski definition) is 0. The molecule has 1 aromatic carbocycles. The van der Waals surface area contributed by atoms with Gasteiger partial charge in [-0.2, -0.15) is 13.2 Å². The second-order valence-corrected chi connectivity index (χ2v) is 5.27. The van der Waals surface area contributed by atoms with E-state index in [2.05, 4.69) is 22.3 Å². The van der Waals surface area contributed by atoms with Crippen molar-refractivity contribution >= 4 is 11.0 Å². The predicted octanol–water partition coefficient (Wildman–Crippen LogP) is 2.72. The highest BCUT2D eigenvalue weighted by Gasteiger charge is 2.31. The number of nitrogens with zero attached hydrogens (tertiary/aromatic N) is 4. The lowest BCUT2D eigenvalue weighted by Gasteiger charge is -2.29. The molecule has 0 unspecified atom stereocenters. The zero-order valence-electron chi connectivity index (χ0n) is 11.1. The van der Waals surface area contributed by atoms with Gasteiger partial charge in [0.15, 0.2) is 0 Å². The Balaban J connectivity index is 1.94. The molecule has 1 fully saturated rings. The van der Waals surface area contributed by atoms with Crippen LogP contribution in [-0.4, -0.2) is 40.0 Å². The monoisotopic (exact) mass is 284 g/mol. The summed E-state index contributed by atoms with van der Waals surface area (Å²) < 4.78 is 39.7. The van der Waals surface area contributed by atoms with E-state index in [1.54, 1.807) is 4.68 Å². The van der Waals surface area contributed by atoms with Crippen molar-refractivity contribution in [1.82, 2.24) is 19.9 Å². The van der Waals surface area contributed by atoms with Gasteiger partial charge in [0.2, 0.25) is 0 Å². The Bertz CT molecular complexity index is 612. The van der Waals surface area contributed by atoms with Crippen LogP contribution in [0, 0.1) is 0 Å². The number of piperidine rings is 1. The number of hydrogen-bond acceptors (Lipinski definition) is 3. The normalized spacial score (nSPS) is 18.8. The molecule has 1 saturated heterocycles. The van der Waals surface area contributed by atoms with Crippen LogP contribution in [0.1, 0.15) is 24.4 Å². The van der Waals surface area contributed by atoms with Crippen LogP contribution in [-0.2, 0) is 6.18 Å². The van der Waals surface area contributed by atoms with Crippen molar-refractivity contribution in [3.8, 4) is 0 Å². The quantitative estimate of drug-likeness (QED) is 0.807. The van der Waals surface area contributed by atoms with Gasteiger partial charge in [-0.05, 0) is 51.2 Å². The Morgan fingerprint density at radius 1 is 1.20 bits per heavy atom. The first kappa shape index (κ1) is 13.4. The zero-order valence-corrected chi connectivity index (χ0v) is 11.1. The number of aromatic nitrogens is 3. The predicted molar refractivity (Wildman–Crippen MR) is 68.3 cm³/mol. The van der Waals surface area contributed by atoms with Gasteiger partial charge in [0, 0.05) is 0 Å². The van der Waals surface area contributed by atoms with E-state index >= 15 is 0 Å². The van der Waals surface area contributed by atoms with Crippen molar-refractivity contribution in [2.75, 3.05) is 20.1 Å². The fourth-order valence-corrected chi connectivity index (χ4v) is 2.63. The van der Waals surface area contributed by atoms with E-state index in [0.717, 1.165) is 38.1 Å². The van der Waals surface area contributed by atoms with E-state index in [4.69, 9.17) is 0 Å². The van der Waals surface area contributed by atoms with Gasteiger partial charge < -0.3 is 4.90 Å². The van der Waals surface area contributed by atoms with Crippen LogP contribution in [0.15, 0.2) is 18.2 Å². The van der Waals surface area contributed by atoms with Gasteiger partial charge in [-0.25, -0.2) is 4.68 Å². The third-order valence-electron chi connectivity index (χ3n) is 3.83. The molecule has 0 atom stereocenters. The maximum atomic E-state index is 12.7. The maximum Gasteiger partial charge on any atom is 0.416 e. The topological polar surface area (TPSA) is 34.0 Å². The Morgan fingerprint density at radius 3 is 2.55 bits per heavy atom. The molecule has 1 aromatic heterocycles. The van der Waals surface area contributed by atoms with Crippen LogP contribution in [0.2, 0.25) is 0 Å². The van der Waals surface area contributed by atoms with Gasteiger partial charge in [-0.1, -0.05) is 5.21 Å². The minimum atomic E-state index is -4.34. The number of likely N-dealkylation sites (tertiary alicyclic amines) is 1. The second kappa shape index (κ2) is 4.73. The van der Waals surface area contributed by atoms with Crippen molar-refractivity contribution in [3.05, 3.63) is 23.8 Å². The molecular formula is C13H15F3N4. The van der Waals surface area contributed by atoms with Crippen molar-refractivity contribution in [1.29, 1.82) is 0 Å². The van der Waals surface area contributed by atoms with Crippen LogP contribution in [0.5, 0.6) is 0 Å². The second-order valence-electron chi connectivity index (χ2n) is 5.27. The molecule has 1 aliphatic rings. The van der Waals surface area contributed by atoms with Crippen LogP contribution in [0.4, 0.5) is 13.2 Å². The summed E-state index contributed by atoms with van der Waals surface area (Å²) in [5.41, 5.74) is 0.298. The number of rotatable bonds is 1. The van der Waals surface area contributed by atoms with Gasteiger partial charge in [-0.15, -0.1) is 5.10 Å². The molecular weight excluding hydrogens is 269 g/mol. The first-order valence-corrected chi connectivity index (χ1v) is 6.56. The summed E-state index contributed by atoms with van der Waals surface area (Å²) in [7, 11) is 2.06. The molecule has 7 heteroatoms. The summed E-state index contributed by atoms with van der Waals surface area (Å²) in [6.45, 7) is 1.93. The maximum absolute atomic E-state index is 12.7. The first-order valence-electron chi connectivity index (χ1n) is 6.56. The molecule has 0 aliphatic carbocycles. The number of alkyl halides is 3. The van der Waals surface area contributed by atoms with Crippen LogP contribution < -0.4 is 0 Å². The molecule has 20 heavy (non-hydrogen) atoms. The Morgan fingerprint density at radius 2 is 1.90 bits per heavy atom. The average Bonchev–Trinajstić information content (AvgIpc) is 2.81.